The zero-order chi connectivity index (χ0) is 11.3. The number of hydrogen-bond donors (Lipinski definition) is 2. The Hall–Kier alpha value is -1.78. The van der Waals surface area contributed by atoms with Gasteiger partial charge in [-0.3, -0.25) is 5.32 Å². The van der Waals surface area contributed by atoms with Crippen LogP contribution in [0.4, 0.5) is 10.6 Å². The number of nitrogens with one attached hydrogen (secondary N) is 2. The van der Waals surface area contributed by atoms with Crippen LogP contribution in [-0.2, 0) is 0 Å². The van der Waals surface area contributed by atoms with Crippen molar-refractivity contribution in [2.24, 2.45) is 0 Å². The van der Waals surface area contributed by atoms with Crippen LogP contribution in [0.3, 0.4) is 0 Å². The fourth-order valence-electron chi connectivity index (χ4n) is 0.946. The van der Waals surface area contributed by atoms with Gasteiger partial charge in [-0.2, -0.15) is 0 Å². The third kappa shape index (κ3) is 3.46. The molecule has 0 fully saturated rings. The predicted octanol–water partition coefficient (Wildman–Crippen LogP) is 2.11. The second kappa shape index (κ2) is 5.19. The highest BCUT2D eigenvalue weighted by molar-refractivity contribution is 5.88. The molecule has 5 heteroatoms. The van der Waals surface area contributed by atoms with Crippen LogP contribution in [0.2, 0.25) is 0 Å². The van der Waals surface area contributed by atoms with Crippen LogP contribution < -0.4 is 10.6 Å². The molecule has 0 saturated carbocycles. The van der Waals surface area contributed by atoms with E-state index in [0.29, 0.717) is 12.4 Å². The number of urea groups is 1. The Balaban J connectivity index is 2.49. The Morgan fingerprint density at radius 3 is 3.00 bits per heavy atom. The van der Waals surface area contributed by atoms with Gasteiger partial charge in [-0.05, 0) is 0 Å². The maximum Gasteiger partial charge on any atom is 0.320 e. The summed E-state index contributed by atoms with van der Waals surface area (Å²) in [5.74, 6) is 1.42. The number of aromatic nitrogens is 1. The zero-order valence-electron chi connectivity index (χ0n) is 8.91. The third-order valence-corrected chi connectivity index (χ3v) is 1.75. The molecule has 0 atom stereocenters. The molecule has 2 amide bonds. The molecular weight excluding hydrogens is 194 g/mol. The Morgan fingerprint density at radius 1 is 1.73 bits per heavy atom. The molecule has 2 N–H and O–H groups in total. The van der Waals surface area contributed by atoms with Crippen LogP contribution in [0.5, 0.6) is 0 Å². The summed E-state index contributed by atoms with van der Waals surface area (Å²) < 4.78 is 5.02. The van der Waals surface area contributed by atoms with Gasteiger partial charge in [-0.25, -0.2) is 4.79 Å². The number of rotatable bonds is 4. The Bertz CT molecular complexity index is 344. The molecule has 0 aromatic carbocycles. The summed E-state index contributed by atoms with van der Waals surface area (Å²) >= 11 is 0. The number of hydrogen-bond acceptors (Lipinski definition) is 3. The fraction of sp³-hybridized carbons (Fsp3) is 0.400. The molecule has 0 aliphatic rings. The second-order valence-electron chi connectivity index (χ2n) is 3.39. The minimum atomic E-state index is -0.321. The lowest BCUT2D eigenvalue weighted by Crippen LogP contribution is -2.28. The molecule has 0 spiro atoms. The van der Waals surface area contributed by atoms with Crippen LogP contribution in [0, 0.1) is 0 Å². The van der Waals surface area contributed by atoms with Crippen molar-refractivity contribution in [2.75, 3.05) is 11.9 Å². The van der Waals surface area contributed by atoms with E-state index in [0.717, 1.165) is 5.76 Å². The molecular formula is C10H15N3O2. The molecule has 5 nitrogen and oxygen atoms in total. The van der Waals surface area contributed by atoms with E-state index >= 15 is 0 Å². The van der Waals surface area contributed by atoms with Gasteiger partial charge < -0.3 is 9.84 Å². The first-order valence-corrected chi connectivity index (χ1v) is 4.76. The van der Waals surface area contributed by atoms with E-state index < -0.39 is 0 Å². The van der Waals surface area contributed by atoms with Crippen LogP contribution in [-0.4, -0.2) is 17.7 Å². The van der Waals surface area contributed by atoms with Crippen molar-refractivity contribution < 1.29 is 9.32 Å². The van der Waals surface area contributed by atoms with Gasteiger partial charge in [0.05, 0.1) is 0 Å². The van der Waals surface area contributed by atoms with E-state index in [4.69, 9.17) is 4.52 Å². The van der Waals surface area contributed by atoms with E-state index in [1.807, 2.05) is 13.8 Å². The number of carbonyl (C=O) groups is 1. The Morgan fingerprint density at radius 2 is 2.47 bits per heavy atom. The van der Waals surface area contributed by atoms with E-state index in [1.165, 1.54) is 0 Å². The SMILES string of the molecule is C=CCNC(=O)Nc1cc(C(C)C)on1. The first-order chi connectivity index (χ1) is 7.13. The standard InChI is InChI=1S/C10H15N3O2/c1-4-5-11-10(14)12-9-6-8(7(2)3)15-13-9/h4,6-7H,1,5H2,2-3H3,(H2,11,12,13,14). The molecule has 15 heavy (non-hydrogen) atoms. The highest BCUT2D eigenvalue weighted by Gasteiger charge is 2.09. The summed E-state index contributed by atoms with van der Waals surface area (Å²) in [5.41, 5.74) is 0. The first kappa shape index (κ1) is 11.3. The van der Waals surface area contributed by atoms with Gasteiger partial charge in [-0.1, -0.05) is 25.1 Å². The molecule has 0 bridgehead atoms. The van der Waals surface area contributed by atoms with Crippen molar-refractivity contribution in [2.45, 2.75) is 19.8 Å². The number of carbonyl (C=O) groups excluding carboxylic acids is 1. The topological polar surface area (TPSA) is 67.2 Å². The lowest BCUT2D eigenvalue weighted by Gasteiger charge is -2.00. The van der Waals surface area contributed by atoms with Crippen molar-refractivity contribution in [3.05, 3.63) is 24.5 Å². The van der Waals surface area contributed by atoms with Gasteiger partial charge >= 0.3 is 6.03 Å². The van der Waals surface area contributed by atoms with Crippen molar-refractivity contribution in [1.29, 1.82) is 0 Å². The maximum absolute atomic E-state index is 11.2. The number of amides is 2. The Labute approximate surface area is 88.5 Å². The number of nitrogens with zero attached hydrogens (tertiary/aromatic N) is 1. The zero-order valence-corrected chi connectivity index (χ0v) is 8.91. The summed E-state index contributed by atoms with van der Waals surface area (Å²) in [6.45, 7) is 7.88. The molecule has 1 aromatic rings. The average Bonchev–Trinajstić information content (AvgIpc) is 2.63. The average molecular weight is 209 g/mol. The minimum absolute atomic E-state index is 0.254. The predicted molar refractivity (Wildman–Crippen MR) is 57.8 cm³/mol. The van der Waals surface area contributed by atoms with E-state index in [-0.39, 0.29) is 11.9 Å². The molecule has 0 unspecified atom stereocenters. The highest BCUT2D eigenvalue weighted by atomic mass is 16.5. The molecule has 0 aliphatic carbocycles. The van der Waals surface area contributed by atoms with Gasteiger partial charge in [0.1, 0.15) is 5.76 Å². The molecule has 1 rings (SSSR count). The summed E-state index contributed by atoms with van der Waals surface area (Å²) in [5, 5.41) is 8.83. The second-order valence-corrected chi connectivity index (χ2v) is 3.39. The maximum atomic E-state index is 11.2. The third-order valence-electron chi connectivity index (χ3n) is 1.75. The van der Waals surface area contributed by atoms with Gasteiger partial charge in [0.25, 0.3) is 0 Å². The smallest absolute Gasteiger partial charge is 0.320 e. The van der Waals surface area contributed by atoms with Crippen molar-refractivity contribution in [3.8, 4) is 0 Å². The van der Waals surface area contributed by atoms with Gasteiger partial charge in [-0.15, -0.1) is 6.58 Å². The van der Waals surface area contributed by atoms with Crippen LogP contribution in [0.15, 0.2) is 23.2 Å². The van der Waals surface area contributed by atoms with Crippen molar-refractivity contribution >= 4 is 11.8 Å². The van der Waals surface area contributed by atoms with Gasteiger partial charge in [0.15, 0.2) is 5.82 Å². The molecule has 0 aliphatic heterocycles. The number of anilines is 1. The monoisotopic (exact) mass is 209 g/mol. The molecule has 1 heterocycles. The van der Waals surface area contributed by atoms with E-state index in [2.05, 4.69) is 22.4 Å². The normalized spacial score (nSPS) is 10.1. The van der Waals surface area contributed by atoms with E-state index in [9.17, 15) is 4.79 Å². The highest BCUT2D eigenvalue weighted by Crippen LogP contribution is 2.17. The fourth-order valence-corrected chi connectivity index (χ4v) is 0.946. The lowest BCUT2D eigenvalue weighted by molar-refractivity contribution is 0.252. The summed E-state index contributed by atoms with van der Waals surface area (Å²) in [4.78, 5) is 11.2. The lowest BCUT2D eigenvalue weighted by atomic mass is 10.2. The van der Waals surface area contributed by atoms with Crippen LogP contribution in [0.25, 0.3) is 0 Å². The first-order valence-electron chi connectivity index (χ1n) is 4.76. The molecule has 0 saturated heterocycles. The Kier molecular flexibility index (Phi) is 3.91. The minimum Gasteiger partial charge on any atom is -0.359 e. The van der Waals surface area contributed by atoms with Gasteiger partial charge in [0, 0.05) is 18.5 Å². The summed E-state index contributed by atoms with van der Waals surface area (Å²) in [6.07, 6.45) is 1.60. The molecule has 1 aromatic heterocycles. The molecule has 82 valence electrons. The van der Waals surface area contributed by atoms with Crippen molar-refractivity contribution in [1.82, 2.24) is 10.5 Å². The van der Waals surface area contributed by atoms with Crippen LogP contribution >= 0.6 is 0 Å². The summed E-state index contributed by atoms with van der Waals surface area (Å²) in [7, 11) is 0. The van der Waals surface area contributed by atoms with E-state index in [1.54, 1.807) is 12.1 Å². The quantitative estimate of drug-likeness (QED) is 0.746. The van der Waals surface area contributed by atoms with Crippen molar-refractivity contribution in [3.63, 3.8) is 0 Å². The summed E-state index contributed by atoms with van der Waals surface area (Å²) in [6, 6.07) is 1.39. The van der Waals surface area contributed by atoms with Crippen LogP contribution in [0.1, 0.15) is 25.5 Å². The molecule has 0 radical (unpaired) electrons. The largest absolute Gasteiger partial charge is 0.359 e. The van der Waals surface area contributed by atoms with Gasteiger partial charge in [0.2, 0.25) is 0 Å².